The van der Waals surface area contributed by atoms with Gasteiger partial charge in [-0.1, -0.05) is 6.07 Å². The van der Waals surface area contributed by atoms with E-state index in [1.807, 2.05) is 4.90 Å². The normalized spacial score (nSPS) is 14.5. The highest BCUT2D eigenvalue weighted by Crippen LogP contribution is 2.38. The summed E-state index contributed by atoms with van der Waals surface area (Å²) in [7, 11) is 4.57. The van der Waals surface area contributed by atoms with Crippen molar-refractivity contribution >= 4 is 17.7 Å². The molecule has 0 saturated carbocycles. The van der Waals surface area contributed by atoms with Gasteiger partial charge in [0.05, 0.1) is 33.1 Å². The number of hydrogen-bond acceptors (Lipinski definition) is 6. The SMILES string of the molecule is COc1cc(/C=C/C(=O)NCc2ccc(N3CCC(O)CC3)c(F)c2)cc(OC)c1OC. The smallest absolute Gasteiger partial charge is 0.244 e. The second-order valence-electron chi connectivity index (χ2n) is 7.51. The van der Waals surface area contributed by atoms with Gasteiger partial charge in [-0.15, -0.1) is 0 Å². The number of methoxy groups -OCH3 is 3. The van der Waals surface area contributed by atoms with E-state index in [4.69, 9.17) is 14.2 Å². The fraction of sp³-hybridized carbons (Fsp3) is 0.375. The predicted octanol–water partition coefficient (Wildman–Crippen LogP) is 3.14. The van der Waals surface area contributed by atoms with Crippen LogP contribution in [-0.4, -0.2) is 51.5 Å². The third-order valence-corrected chi connectivity index (χ3v) is 5.40. The van der Waals surface area contributed by atoms with Crippen molar-refractivity contribution in [2.75, 3.05) is 39.3 Å². The Bertz CT molecular complexity index is 946. The van der Waals surface area contributed by atoms with E-state index in [0.29, 0.717) is 60.0 Å². The zero-order valence-corrected chi connectivity index (χ0v) is 18.6. The van der Waals surface area contributed by atoms with Crippen LogP contribution in [0.5, 0.6) is 17.2 Å². The van der Waals surface area contributed by atoms with E-state index in [1.54, 1.807) is 30.3 Å². The van der Waals surface area contributed by atoms with Crippen molar-refractivity contribution < 1.29 is 28.5 Å². The highest BCUT2D eigenvalue weighted by atomic mass is 19.1. The van der Waals surface area contributed by atoms with Gasteiger partial charge >= 0.3 is 0 Å². The average molecular weight is 445 g/mol. The minimum absolute atomic E-state index is 0.203. The minimum atomic E-state index is -0.332. The van der Waals surface area contributed by atoms with E-state index >= 15 is 0 Å². The summed E-state index contributed by atoms with van der Waals surface area (Å²) in [6.45, 7) is 1.45. The first-order valence-corrected chi connectivity index (χ1v) is 10.4. The molecule has 172 valence electrons. The van der Waals surface area contributed by atoms with E-state index in [0.717, 1.165) is 0 Å². The molecule has 2 aromatic carbocycles. The molecule has 0 aliphatic carbocycles. The molecule has 2 N–H and O–H groups in total. The van der Waals surface area contributed by atoms with Crippen molar-refractivity contribution in [3.63, 3.8) is 0 Å². The van der Waals surface area contributed by atoms with Crippen LogP contribution in [0, 0.1) is 5.82 Å². The summed E-state index contributed by atoms with van der Waals surface area (Å²) in [4.78, 5) is 14.2. The first-order chi connectivity index (χ1) is 15.4. The van der Waals surface area contributed by atoms with Crippen LogP contribution >= 0.6 is 0 Å². The topological polar surface area (TPSA) is 80.3 Å². The molecule has 1 aliphatic rings. The summed E-state index contributed by atoms with van der Waals surface area (Å²) in [6.07, 6.45) is 3.99. The maximum Gasteiger partial charge on any atom is 0.244 e. The molecule has 0 atom stereocenters. The summed E-state index contributed by atoms with van der Waals surface area (Å²) >= 11 is 0. The Morgan fingerprint density at radius 3 is 2.34 bits per heavy atom. The summed E-state index contributed by atoms with van der Waals surface area (Å²) in [5, 5.41) is 12.4. The number of benzene rings is 2. The molecular weight excluding hydrogens is 415 g/mol. The van der Waals surface area contributed by atoms with Gasteiger partial charge in [0.1, 0.15) is 5.82 Å². The summed E-state index contributed by atoms with van der Waals surface area (Å²) in [5.41, 5.74) is 1.89. The quantitative estimate of drug-likeness (QED) is 0.609. The van der Waals surface area contributed by atoms with Gasteiger partial charge < -0.3 is 29.5 Å². The molecule has 7 nitrogen and oxygen atoms in total. The molecule has 1 fully saturated rings. The third-order valence-electron chi connectivity index (χ3n) is 5.40. The van der Waals surface area contributed by atoms with E-state index in [9.17, 15) is 14.3 Å². The molecule has 2 aromatic rings. The molecule has 1 heterocycles. The molecular formula is C24H29FN2O5. The molecule has 1 amide bonds. The number of carbonyl (C=O) groups is 1. The van der Waals surface area contributed by atoms with Crippen molar-refractivity contribution in [3.8, 4) is 17.2 Å². The van der Waals surface area contributed by atoms with Crippen molar-refractivity contribution in [1.29, 1.82) is 0 Å². The van der Waals surface area contributed by atoms with Gasteiger partial charge in [0.15, 0.2) is 11.5 Å². The number of piperidine rings is 1. The number of aliphatic hydroxyl groups is 1. The Morgan fingerprint density at radius 1 is 1.12 bits per heavy atom. The Balaban J connectivity index is 1.60. The number of carbonyl (C=O) groups excluding carboxylic acids is 1. The lowest BCUT2D eigenvalue weighted by molar-refractivity contribution is -0.116. The molecule has 0 bridgehead atoms. The fourth-order valence-electron chi connectivity index (χ4n) is 3.64. The third kappa shape index (κ3) is 5.70. The Hall–Kier alpha value is -3.26. The van der Waals surface area contributed by atoms with Gasteiger partial charge in [0.25, 0.3) is 0 Å². The monoisotopic (exact) mass is 444 g/mol. The standard InChI is InChI=1S/C24H29FN2O5/c1-30-21-13-16(14-22(31-2)24(21)32-3)5-7-23(29)26-15-17-4-6-20(19(25)12-17)27-10-8-18(28)9-11-27/h4-7,12-14,18,28H,8-11,15H2,1-3H3,(H,26,29)/b7-5+. The molecule has 0 unspecified atom stereocenters. The zero-order chi connectivity index (χ0) is 23.1. The molecule has 32 heavy (non-hydrogen) atoms. The van der Waals surface area contributed by atoms with Crippen LogP contribution in [0.25, 0.3) is 6.08 Å². The highest BCUT2D eigenvalue weighted by Gasteiger charge is 2.19. The largest absolute Gasteiger partial charge is 0.493 e. The second-order valence-corrected chi connectivity index (χ2v) is 7.51. The van der Waals surface area contributed by atoms with Crippen LogP contribution in [0.1, 0.15) is 24.0 Å². The van der Waals surface area contributed by atoms with Crippen LogP contribution < -0.4 is 24.4 Å². The van der Waals surface area contributed by atoms with Crippen LogP contribution in [0.3, 0.4) is 0 Å². The number of amides is 1. The molecule has 3 rings (SSSR count). The number of anilines is 1. The van der Waals surface area contributed by atoms with E-state index in [-0.39, 0.29) is 24.4 Å². The first kappa shape index (κ1) is 23.4. The Labute approximate surface area is 187 Å². The van der Waals surface area contributed by atoms with Gasteiger partial charge in [0, 0.05) is 25.7 Å². The predicted molar refractivity (Wildman–Crippen MR) is 121 cm³/mol. The Morgan fingerprint density at radius 2 is 1.78 bits per heavy atom. The van der Waals surface area contributed by atoms with Gasteiger partial charge in [-0.25, -0.2) is 4.39 Å². The average Bonchev–Trinajstić information content (AvgIpc) is 2.81. The molecule has 1 aliphatic heterocycles. The molecule has 0 radical (unpaired) electrons. The molecule has 1 saturated heterocycles. The first-order valence-electron chi connectivity index (χ1n) is 10.4. The number of rotatable bonds is 8. The van der Waals surface area contributed by atoms with Crippen molar-refractivity contribution in [2.45, 2.75) is 25.5 Å². The van der Waals surface area contributed by atoms with Gasteiger partial charge in [-0.3, -0.25) is 4.79 Å². The lowest BCUT2D eigenvalue weighted by atomic mass is 10.1. The highest BCUT2D eigenvalue weighted by molar-refractivity contribution is 5.91. The number of aliphatic hydroxyl groups excluding tert-OH is 1. The van der Waals surface area contributed by atoms with Gasteiger partial charge in [-0.05, 0) is 54.3 Å². The number of hydrogen-bond donors (Lipinski definition) is 2. The maximum atomic E-state index is 14.6. The summed E-state index contributed by atoms with van der Waals surface area (Å²) < 4.78 is 30.5. The summed E-state index contributed by atoms with van der Waals surface area (Å²) in [5.74, 6) is 0.813. The maximum absolute atomic E-state index is 14.6. The fourth-order valence-corrected chi connectivity index (χ4v) is 3.64. The zero-order valence-electron chi connectivity index (χ0n) is 18.6. The van der Waals surface area contributed by atoms with Crippen molar-refractivity contribution in [3.05, 3.63) is 53.4 Å². The molecule has 8 heteroatoms. The lowest BCUT2D eigenvalue weighted by Crippen LogP contribution is -2.36. The second kappa shape index (κ2) is 10.9. The number of halogens is 1. The Kier molecular flexibility index (Phi) is 7.94. The molecule has 0 aromatic heterocycles. The van der Waals surface area contributed by atoms with Gasteiger partial charge in [0.2, 0.25) is 11.7 Å². The van der Waals surface area contributed by atoms with E-state index in [1.165, 1.54) is 33.5 Å². The van der Waals surface area contributed by atoms with Crippen LogP contribution in [-0.2, 0) is 11.3 Å². The summed E-state index contributed by atoms with van der Waals surface area (Å²) in [6, 6.07) is 8.42. The van der Waals surface area contributed by atoms with Crippen LogP contribution in [0.4, 0.5) is 10.1 Å². The number of ether oxygens (including phenoxy) is 3. The van der Waals surface area contributed by atoms with Crippen molar-refractivity contribution in [2.24, 2.45) is 0 Å². The lowest BCUT2D eigenvalue weighted by Gasteiger charge is -2.31. The number of nitrogens with zero attached hydrogens (tertiary/aromatic N) is 1. The van der Waals surface area contributed by atoms with Gasteiger partial charge in [-0.2, -0.15) is 0 Å². The van der Waals surface area contributed by atoms with Crippen LogP contribution in [0.2, 0.25) is 0 Å². The van der Waals surface area contributed by atoms with Crippen LogP contribution in [0.15, 0.2) is 36.4 Å². The number of nitrogens with one attached hydrogen (secondary N) is 1. The minimum Gasteiger partial charge on any atom is -0.493 e. The van der Waals surface area contributed by atoms with E-state index in [2.05, 4.69) is 5.32 Å². The van der Waals surface area contributed by atoms with E-state index < -0.39 is 0 Å². The molecule has 0 spiro atoms. The van der Waals surface area contributed by atoms with Crippen molar-refractivity contribution in [1.82, 2.24) is 5.32 Å².